The molecular weight excluding hydrogens is 244 g/mol. The molecule has 0 saturated heterocycles. The summed E-state index contributed by atoms with van der Waals surface area (Å²) in [5.74, 6) is 0.664. The van der Waals surface area contributed by atoms with Crippen LogP contribution >= 0.6 is 15.9 Å². The summed E-state index contributed by atoms with van der Waals surface area (Å²) in [7, 11) is 0. The minimum Gasteiger partial charge on any atom is -0.471 e. The highest BCUT2D eigenvalue weighted by Gasteiger charge is 2.32. The smallest absolute Gasteiger partial charge is 0.218 e. The van der Waals surface area contributed by atoms with Gasteiger partial charge in [-0.1, -0.05) is 0 Å². The van der Waals surface area contributed by atoms with Crippen LogP contribution < -0.4 is 10.5 Å². The van der Waals surface area contributed by atoms with Gasteiger partial charge in [0, 0.05) is 28.7 Å². The molecule has 1 aliphatic heterocycles. The summed E-state index contributed by atoms with van der Waals surface area (Å²) in [6.07, 6.45) is 2.55. The molecule has 1 aliphatic rings. The molecule has 2 heterocycles. The van der Waals surface area contributed by atoms with E-state index in [4.69, 9.17) is 10.5 Å². The van der Waals surface area contributed by atoms with Crippen molar-refractivity contribution in [2.24, 2.45) is 5.73 Å². The third kappa shape index (κ3) is 1.77. The third-order valence-electron chi connectivity index (χ3n) is 2.33. The van der Waals surface area contributed by atoms with Crippen LogP contribution in [-0.2, 0) is 0 Å². The number of aromatic nitrogens is 1. The van der Waals surface area contributed by atoms with Gasteiger partial charge in [-0.2, -0.15) is 0 Å². The van der Waals surface area contributed by atoms with Gasteiger partial charge in [-0.25, -0.2) is 4.98 Å². The minimum absolute atomic E-state index is 0.0127. The van der Waals surface area contributed by atoms with Gasteiger partial charge in [0.25, 0.3) is 0 Å². The molecule has 14 heavy (non-hydrogen) atoms. The number of fused-ring (bicyclic) bond motifs is 1. The van der Waals surface area contributed by atoms with Crippen molar-refractivity contribution in [3.63, 3.8) is 0 Å². The molecule has 1 unspecified atom stereocenters. The molecule has 1 aromatic rings. The fourth-order valence-electron chi connectivity index (χ4n) is 1.74. The van der Waals surface area contributed by atoms with E-state index in [0.717, 1.165) is 16.5 Å². The molecule has 0 bridgehead atoms. The van der Waals surface area contributed by atoms with Gasteiger partial charge in [0.2, 0.25) is 5.88 Å². The zero-order valence-corrected chi connectivity index (χ0v) is 9.84. The average Bonchev–Trinajstić information content (AvgIpc) is 2.05. The van der Waals surface area contributed by atoms with Crippen molar-refractivity contribution in [2.75, 3.05) is 0 Å². The van der Waals surface area contributed by atoms with E-state index in [2.05, 4.69) is 20.9 Å². The van der Waals surface area contributed by atoms with Crippen molar-refractivity contribution in [2.45, 2.75) is 31.9 Å². The normalized spacial score (nSPS) is 23.9. The largest absolute Gasteiger partial charge is 0.471 e. The maximum atomic E-state index is 6.05. The predicted octanol–water partition coefficient (Wildman–Crippen LogP) is 2.41. The molecule has 1 aromatic heterocycles. The fraction of sp³-hybridized carbons (Fsp3) is 0.500. The number of pyridine rings is 1. The average molecular weight is 257 g/mol. The van der Waals surface area contributed by atoms with Gasteiger partial charge in [-0.05, 0) is 35.8 Å². The Morgan fingerprint density at radius 1 is 1.64 bits per heavy atom. The summed E-state index contributed by atoms with van der Waals surface area (Å²) in [5, 5.41) is 0. The van der Waals surface area contributed by atoms with Crippen LogP contribution in [0.15, 0.2) is 16.7 Å². The minimum atomic E-state index is -0.215. The first-order chi connectivity index (χ1) is 6.48. The number of ether oxygens (including phenoxy) is 1. The summed E-state index contributed by atoms with van der Waals surface area (Å²) < 4.78 is 6.67. The SMILES string of the molecule is CC1(C)CC(N)c2cc(Br)cnc2O1. The molecule has 0 amide bonds. The Morgan fingerprint density at radius 3 is 3.07 bits per heavy atom. The quantitative estimate of drug-likeness (QED) is 0.776. The second kappa shape index (κ2) is 3.21. The fourth-order valence-corrected chi connectivity index (χ4v) is 2.09. The molecule has 0 aromatic carbocycles. The molecule has 76 valence electrons. The Balaban J connectivity index is 2.45. The van der Waals surface area contributed by atoms with Crippen LogP contribution in [-0.4, -0.2) is 10.6 Å². The lowest BCUT2D eigenvalue weighted by Gasteiger charge is -2.35. The molecule has 2 N–H and O–H groups in total. The van der Waals surface area contributed by atoms with Crippen LogP contribution in [0.5, 0.6) is 5.88 Å². The highest BCUT2D eigenvalue weighted by Crippen LogP contribution is 2.37. The van der Waals surface area contributed by atoms with E-state index in [1.165, 1.54) is 0 Å². The van der Waals surface area contributed by atoms with Gasteiger partial charge in [-0.15, -0.1) is 0 Å². The molecule has 0 fully saturated rings. The van der Waals surface area contributed by atoms with E-state index in [9.17, 15) is 0 Å². The van der Waals surface area contributed by atoms with Crippen LogP contribution in [0.1, 0.15) is 31.9 Å². The van der Waals surface area contributed by atoms with Gasteiger partial charge in [-0.3, -0.25) is 0 Å². The second-order valence-electron chi connectivity index (χ2n) is 4.22. The molecule has 0 spiro atoms. The van der Waals surface area contributed by atoms with Gasteiger partial charge in [0.1, 0.15) is 5.60 Å². The second-order valence-corrected chi connectivity index (χ2v) is 5.14. The summed E-state index contributed by atoms with van der Waals surface area (Å²) in [6.45, 7) is 4.05. The van der Waals surface area contributed by atoms with Crippen molar-refractivity contribution in [3.05, 3.63) is 22.3 Å². The van der Waals surface area contributed by atoms with E-state index in [1.807, 2.05) is 19.9 Å². The van der Waals surface area contributed by atoms with E-state index in [-0.39, 0.29) is 11.6 Å². The van der Waals surface area contributed by atoms with E-state index < -0.39 is 0 Å². The lowest BCUT2D eigenvalue weighted by atomic mass is 9.92. The van der Waals surface area contributed by atoms with Crippen molar-refractivity contribution in [1.29, 1.82) is 0 Å². The monoisotopic (exact) mass is 256 g/mol. The Hall–Kier alpha value is -0.610. The van der Waals surface area contributed by atoms with Crippen molar-refractivity contribution >= 4 is 15.9 Å². The first kappa shape index (κ1) is 9.93. The Labute approximate surface area is 91.8 Å². The third-order valence-corrected chi connectivity index (χ3v) is 2.76. The first-order valence-corrected chi connectivity index (χ1v) is 5.37. The highest BCUT2D eigenvalue weighted by molar-refractivity contribution is 9.10. The van der Waals surface area contributed by atoms with Crippen molar-refractivity contribution in [3.8, 4) is 5.88 Å². The first-order valence-electron chi connectivity index (χ1n) is 4.58. The van der Waals surface area contributed by atoms with E-state index >= 15 is 0 Å². The maximum Gasteiger partial charge on any atom is 0.218 e. The summed E-state index contributed by atoms with van der Waals surface area (Å²) >= 11 is 3.37. The molecule has 4 heteroatoms. The number of nitrogens with two attached hydrogens (primary N) is 1. The van der Waals surface area contributed by atoms with E-state index in [0.29, 0.717) is 5.88 Å². The summed E-state index contributed by atoms with van der Waals surface area (Å²) in [4.78, 5) is 4.22. The maximum absolute atomic E-state index is 6.05. The van der Waals surface area contributed by atoms with Crippen LogP contribution in [0.25, 0.3) is 0 Å². The van der Waals surface area contributed by atoms with Crippen molar-refractivity contribution in [1.82, 2.24) is 4.98 Å². The number of halogens is 1. The molecule has 3 nitrogen and oxygen atoms in total. The lowest BCUT2D eigenvalue weighted by molar-refractivity contribution is 0.0666. The Kier molecular flexibility index (Phi) is 2.27. The highest BCUT2D eigenvalue weighted by atomic mass is 79.9. The topological polar surface area (TPSA) is 48.1 Å². The van der Waals surface area contributed by atoms with Crippen molar-refractivity contribution < 1.29 is 4.74 Å². The molecule has 0 aliphatic carbocycles. The zero-order chi connectivity index (χ0) is 10.3. The molecular formula is C10H13BrN2O. The predicted molar refractivity (Wildman–Crippen MR) is 58.2 cm³/mol. The van der Waals surface area contributed by atoms with Gasteiger partial charge in [0.15, 0.2) is 0 Å². The number of hydrogen-bond acceptors (Lipinski definition) is 3. The zero-order valence-electron chi connectivity index (χ0n) is 8.25. The van der Waals surface area contributed by atoms with Crippen LogP contribution in [0.2, 0.25) is 0 Å². The number of hydrogen-bond donors (Lipinski definition) is 1. The van der Waals surface area contributed by atoms with Crippen LogP contribution in [0.3, 0.4) is 0 Å². The molecule has 1 atom stereocenters. The lowest BCUT2D eigenvalue weighted by Crippen LogP contribution is -2.37. The molecule has 0 saturated carbocycles. The molecule has 0 radical (unpaired) electrons. The molecule has 2 rings (SSSR count). The van der Waals surface area contributed by atoms with Gasteiger partial charge >= 0.3 is 0 Å². The van der Waals surface area contributed by atoms with Crippen LogP contribution in [0, 0.1) is 0 Å². The van der Waals surface area contributed by atoms with Gasteiger partial charge in [0.05, 0.1) is 0 Å². The van der Waals surface area contributed by atoms with E-state index in [1.54, 1.807) is 6.20 Å². The Bertz CT molecular complexity index is 365. The standard InChI is InChI=1S/C10H13BrN2O/c1-10(2)4-8(12)7-3-6(11)5-13-9(7)14-10/h3,5,8H,4,12H2,1-2H3. The number of nitrogens with zero attached hydrogens (tertiary/aromatic N) is 1. The Morgan fingerprint density at radius 2 is 2.36 bits per heavy atom. The van der Waals surface area contributed by atoms with Gasteiger partial charge < -0.3 is 10.5 Å². The number of rotatable bonds is 0. The summed E-state index contributed by atoms with van der Waals surface area (Å²) in [6, 6.07) is 1.99. The van der Waals surface area contributed by atoms with Crippen LogP contribution in [0.4, 0.5) is 0 Å². The summed E-state index contributed by atoms with van der Waals surface area (Å²) in [5.41, 5.74) is 6.82.